The molecule has 0 spiro atoms. The second-order valence-electron chi connectivity index (χ2n) is 6.44. The highest BCUT2D eigenvalue weighted by Crippen LogP contribution is 2.12. The molecule has 2 N–H and O–H groups in total. The Morgan fingerprint density at radius 1 is 1.19 bits per heavy atom. The lowest BCUT2D eigenvalue weighted by atomic mass is 10.1. The molecule has 0 aromatic heterocycles. The molecule has 1 fully saturated rings. The van der Waals surface area contributed by atoms with Gasteiger partial charge in [-0.1, -0.05) is 24.3 Å². The SMILES string of the molecule is CCOCc1ccccc1CNC(=NC)NC1CCN(C(=O)OCC)CC1. The second kappa shape index (κ2) is 11.4. The van der Waals surface area contributed by atoms with E-state index in [0.717, 1.165) is 18.8 Å². The number of rotatable bonds is 7. The number of aliphatic imine (C=N–C) groups is 1. The maximum Gasteiger partial charge on any atom is 0.409 e. The monoisotopic (exact) mass is 376 g/mol. The number of guanidine groups is 1. The van der Waals surface area contributed by atoms with Gasteiger partial charge in [0.05, 0.1) is 13.2 Å². The summed E-state index contributed by atoms with van der Waals surface area (Å²) in [5.74, 6) is 0.774. The number of ether oxygens (including phenoxy) is 2. The molecule has 0 unspecified atom stereocenters. The van der Waals surface area contributed by atoms with E-state index in [1.54, 1.807) is 11.9 Å². The number of benzene rings is 1. The van der Waals surface area contributed by atoms with Gasteiger partial charge in [0.15, 0.2) is 5.96 Å². The van der Waals surface area contributed by atoms with Crippen LogP contribution < -0.4 is 10.6 Å². The van der Waals surface area contributed by atoms with Crippen LogP contribution in [0.5, 0.6) is 0 Å². The number of nitrogens with one attached hydrogen (secondary N) is 2. The van der Waals surface area contributed by atoms with Crippen LogP contribution in [0.15, 0.2) is 29.3 Å². The average molecular weight is 377 g/mol. The minimum Gasteiger partial charge on any atom is -0.450 e. The van der Waals surface area contributed by atoms with Gasteiger partial charge in [-0.3, -0.25) is 4.99 Å². The molecule has 7 nitrogen and oxygen atoms in total. The van der Waals surface area contributed by atoms with Gasteiger partial charge in [-0.25, -0.2) is 4.79 Å². The molecule has 1 heterocycles. The predicted octanol–water partition coefficient (Wildman–Crippen LogP) is 2.51. The molecule has 1 saturated heterocycles. The maximum absolute atomic E-state index is 11.8. The van der Waals surface area contributed by atoms with Gasteiger partial charge in [0.1, 0.15) is 0 Å². The van der Waals surface area contributed by atoms with Crippen molar-refractivity contribution in [2.45, 2.75) is 45.9 Å². The van der Waals surface area contributed by atoms with Gasteiger partial charge in [0, 0.05) is 39.3 Å². The van der Waals surface area contributed by atoms with Crippen LogP contribution in [0.25, 0.3) is 0 Å². The highest BCUT2D eigenvalue weighted by atomic mass is 16.6. The molecule has 150 valence electrons. The Labute approximate surface area is 162 Å². The molecule has 27 heavy (non-hydrogen) atoms. The first-order chi connectivity index (χ1) is 13.2. The summed E-state index contributed by atoms with van der Waals surface area (Å²) >= 11 is 0. The summed E-state index contributed by atoms with van der Waals surface area (Å²) in [6, 6.07) is 8.55. The third kappa shape index (κ3) is 6.75. The summed E-state index contributed by atoms with van der Waals surface area (Å²) < 4.78 is 10.6. The van der Waals surface area contributed by atoms with Gasteiger partial charge in [-0.15, -0.1) is 0 Å². The van der Waals surface area contributed by atoms with Crippen molar-refractivity contribution in [3.05, 3.63) is 35.4 Å². The lowest BCUT2D eigenvalue weighted by Gasteiger charge is -2.32. The van der Waals surface area contributed by atoms with E-state index in [2.05, 4.69) is 27.8 Å². The standard InChI is InChI=1S/C20H32N4O3/c1-4-26-15-17-9-7-6-8-16(17)14-22-19(21-3)23-18-10-12-24(13-11-18)20(25)27-5-2/h6-9,18H,4-5,10-15H2,1-3H3,(H2,21,22,23). The first kappa shape index (κ1) is 21.0. The van der Waals surface area contributed by atoms with Gasteiger partial charge >= 0.3 is 6.09 Å². The molecule has 0 aliphatic carbocycles. The van der Waals surface area contributed by atoms with Gasteiger partial charge < -0.3 is 25.0 Å². The largest absolute Gasteiger partial charge is 0.450 e. The molecule has 1 aliphatic heterocycles. The topological polar surface area (TPSA) is 75.2 Å². The van der Waals surface area contributed by atoms with Crippen LogP contribution >= 0.6 is 0 Å². The summed E-state index contributed by atoms with van der Waals surface area (Å²) in [5, 5.41) is 6.84. The van der Waals surface area contributed by atoms with Gasteiger partial charge in [-0.05, 0) is 37.8 Å². The normalized spacial score (nSPS) is 15.5. The van der Waals surface area contributed by atoms with Crippen LogP contribution in [0.3, 0.4) is 0 Å². The summed E-state index contributed by atoms with van der Waals surface area (Å²) in [5.41, 5.74) is 2.39. The van der Waals surface area contributed by atoms with Crippen molar-refractivity contribution in [2.24, 2.45) is 4.99 Å². The molecule has 7 heteroatoms. The Hall–Kier alpha value is -2.28. The third-order valence-corrected chi connectivity index (χ3v) is 4.61. The van der Waals surface area contributed by atoms with E-state index in [1.807, 2.05) is 26.0 Å². The van der Waals surface area contributed by atoms with Crippen LogP contribution in [0, 0.1) is 0 Å². The lowest BCUT2D eigenvalue weighted by Crippen LogP contribution is -2.49. The van der Waals surface area contributed by atoms with E-state index in [4.69, 9.17) is 9.47 Å². The van der Waals surface area contributed by atoms with Crippen molar-refractivity contribution in [3.63, 3.8) is 0 Å². The smallest absolute Gasteiger partial charge is 0.409 e. The van der Waals surface area contributed by atoms with Gasteiger partial charge in [0.25, 0.3) is 0 Å². The van der Waals surface area contributed by atoms with Crippen LogP contribution in [0.4, 0.5) is 4.79 Å². The van der Waals surface area contributed by atoms with Crippen molar-refractivity contribution >= 4 is 12.1 Å². The van der Waals surface area contributed by atoms with Crippen molar-refractivity contribution in [2.75, 3.05) is 33.4 Å². The van der Waals surface area contributed by atoms with E-state index in [1.165, 1.54) is 11.1 Å². The Balaban J connectivity index is 1.81. The molecule has 1 aromatic rings. The number of hydrogen-bond acceptors (Lipinski definition) is 4. The number of piperidine rings is 1. The molecule has 0 saturated carbocycles. The number of hydrogen-bond donors (Lipinski definition) is 2. The molecule has 1 amide bonds. The Bertz CT molecular complexity index is 613. The third-order valence-electron chi connectivity index (χ3n) is 4.61. The first-order valence-electron chi connectivity index (χ1n) is 9.71. The molecule has 0 atom stereocenters. The van der Waals surface area contributed by atoms with Crippen LogP contribution in [-0.2, 0) is 22.6 Å². The van der Waals surface area contributed by atoms with E-state index in [9.17, 15) is 4.79 Å². The molecule has 0 radical (unpaired) electrons. The van der Waals surface area contributed by atoms with E-state index in [-0.39, 0.29) is 6.09 Å². The zero-order valence-electron chi connectivity index (χ0n) is 16.7. The highest BCUT2D eigenvalue weighted by Gasteiger charge is 2.24. The summed E-state index contributed by atoms with van der Waals surface area (Å²) in [4.78, 5) is 17.9. The summed E-state index contributed by atoms with van der Waals surface area (Å²) in [6.45, 7) is 7.65. The second-order valence-corrected chi connectivity index (χ2v) is 6.44. The molecule has 1 aliphatic rings. The van der Waals surface area contributed by atoms with Crippen molar-refractivity contribution < 1.29 is 14.3 Å². The van der Waals surface area contributed by atoms with Crippen molar-refractivity contribution in [1.29, 1.82) is 0 Å². The van der Waals surface area contributed by atoms with Gasteiger partial charge in [-0.2, -0.15) is 0 Å². The Morgan fingerprint density at radius 3 is 2.52 bits per heavy atom. The number of carbonyl (C=O) groups excluding carboxylic acids is 1. The van der Waals surface area contributed by atoms with Gasteiger partial charge in [0.2, 0.25) is 0 Å². The predicted molar refractivity (Wildman–Crippen MR) is 107 cm³/mol. The van der Waals surface area contributed by atoms with Crippen molar-refractivity contribution in [3.8, 4) is 0 Å². The minimum atomic E-state index is -0.218. The molecule has 1 aromatic carbocycles. The van der Waals surface area contributed by atoms with Crippen LogP contribution in [0.2, 0.25) is 0 Å². The summed E-state index contributed by atoms with van der Waals surface area (Å²) in [7, 11) is 1.77. The fourth-order valence-corrected chi connectivity index (χ4v) is 3.07. The van der Waals surface area contributed by atoms with Crippen molar-refractivity contribution in [1.82, 2.24) is 15.5 Å². The fourth-order valence-electron chi connectivity index (χ4n) is 3.07. The zero-order chi connectivity index (χ0) is 19.5. The highest BCUT2D eigenvalue weighted by molar-refractivity contribution is 5.80. The zero-order valence-corrected chi connectivity index (χ0v) is 16.7. The first-order valence-corrected chi connectivity index (χ1v) is 9.71. The number of carbonyl (C=O) groups is 1. The van der Waals surface area contributed by atoms with E-state index in [0.29, 0.717) is 45.5 Å². The lowest BCUT2D eigenvalue weighted by molar-refractivity contribution is 0.0963. The quantitative estimate of drug-likeness (QED) is 0.565. The minimum absolute atomic E-state index is 0.218. The average Bonchev–Trinajstić information content (AvgIpc) is 2.70. The number of nitrogens with zero attached hydrogens (tertiary/aromatic N) is 2. The maximum atomic E-state index is 11.8. The fraction of sp³-hybridized carbons (Fsp3) is 0.600. The number of amides is 1. The molecule has 0 bridgehead atoms. The number of likely N-dealkylation sites (tertiary alicyclic amines) is 1. The Morgan fingerprint density at radius 2 is 1.89 bits per heavy atom. The van der Waals surface area contributed by atoms with E-state index >= 15 is 0 Å². The van der Waals surface area contributed by atoms with Crippen LogP contribution in [-0.4, -0.2) is 56.3 Å². The molecular formula is C20H32N4O3. The Kier molecular flexibility index (Phi) is 8.91. The molecule has 2 rings (SSSR count). The van der Waals surface area contributed by atoms with E-state index < -0.39 is 0 Å². The summed E-state index contributed by atoms with van der Waals surface area (Å²) in [6.07, 6.45) is 1.53. The molecular weight excluding hydrogens is 344 g/mol. The van der Waals surface area contributed by atoms with Crippen LogP contribution in [0.1, 0.15) is 37.8 Å².